The van der Waals surface area contributed by atoms with E-state index in [2.05, 4.69) is 29.0 Å². The smallest absolute Gasteiger partial charge is 0.0406 e. The number of alkyl halides is 1. The van der Waals surface area contributed by atoms with Gasteiger partial charge < -0.3 is 0 Å². The highest BCUT2D eigenvalue weighted by Gasteiger charge is 2.10. The first-order valence-electron chi connectivity index (χ1n) is 5.59. The average Bonchev–Trinajstić information content (AvgIpc) is 2.84. The minimum Gasteiger partial charge on any atom is -0.152 e. The lowest BCUT2D eigenvalue weighted by atomic mass is 9.95. The first kappa shape index (κ1) is 12.9. The average molecular weight is 285 g/mol. The number of benzene rings is 1. The Morgan fingerprint density at radius 2 is 1.71 bits per heavy atom. The fourth-order valence-corrected chi connectivity index (χ4v) is 2.90. The van der Waals surface area contributed by atoms with E-state index in [0.29, 0.717) is 11.8 Å². The summed E-state index contributed by atoms with van der Waals surface area (Å²) in [6.45, 7) is 0. The molecule has 2 aromatic rings. The Hall–Kier alpha value is -0.500. The normalized spacial score (nSPS) is 12.6. The summed E-state index contributed by atoms with van der Waals surface area (Å²) < 4.78 is 0. The number of hydrogen-bond acceptors (Lipinski definition) is 1. The van der Waals surface area contributed by atoms with E-state index in [1.807, 2.05) is 12.1 Å². The van der Waals surface area contributed by atoms with Crippen molar-refractivity contribution in [3.8, 4) is 0 Å². The van der Waals surface area contributed by atoms with Gasteiger partial charge >= 0.3 is 0 Å². The van der Waals surface area contributed by atoms with Crippen molar-refractivity contribution >= 4 is 34.5 Å². The van der Waals surface area contributed by atoms with Crippen molar-refractivity contribution in [2.75, 3.05) is 5.88 Å². The van der Waals surface area contributed by atoms with E-state index < -0.39 is 0 Å². The number of hydrogen-bond donors (Lipinski definition) is 0. The predicted molar refractivity (Wildman–Crippen MR) is 77.4 cm³/mol. The highest BCUT2D eigenvalue weighted by Crippen LogP contribution is 2.19. The molecule has 3 heteroatoms. The van der Waals surface area contributed by atoms with Crippen molar-refractivity contribution in [2.45, 2.75) is 12.8 Å². The summed E-state index contributed by atoms with van der Waals surface area (Å²) in [7, 11) is 0. The molecule has 0 spiro atoms. The van der Waals surface area contributed by atoms with Crippen LogP contribution in [0.25, 0.3) is 0 Å². The highest BCUT2D eigenvalue weighted by molar-refractivity contribution is 7.07. The fourth-order valence-electron chi connectivity index (χ4n) is 1.88. The van der Waals surface area contributed by atoms with E-state index in [-0.39, 0.29) is 0 Å². The Balaban J connectivity index is 1.97. The zero-order chi connectivity index (χ0) is 12.1. The molecule has 0 amide bonds. The van der Waals surface area contributed by atoms with Crippen LogP contribution in [0.4, 0.5) is 0 Å². The van der Waals surface area contributed by atoms with Crippen molar-refractivity contribution in [3.63, 3.8) is 0 Å². The lowest BCUT2D eigenvalue weighted by Crippen LogP contribution is -2.09. The molecule has 0 nitrogen and oxygen atoms in total. The predicted octanol–water partition coefficient (Wildman–Crippen LogP) is 5.04. The van der Waals surface area contributed by atoms with Gasteiger partial charge in [0.2, 0.25) is 0 Å². The maximum absolute atomic E-state index is 6.04. The zero-order valence-electron chi connectivity index (χ0n) is 9.40. The first-order chi connectivity index (χ1) is 8.28. The maximum Gasteiger partial charge on any atom is 0.0406 e. The number of thiophene rings is 1. The quantitative estimate of drug-likeness (QED) is 0.675. The lowest BCUT2D eigenvalue weighted by molar-refractivity contribution is 0.585. The molecule has 0 fully saturated rings. The van der Waals surface area contributed by atoms with Crippen LogP contribution in [0.1, 0.15) is 11.1 Å². The van der Waals surface area contributed by atoms with E-state index in [1.54, 1.807) is 11.3 Å². The minimum absolute atomic E-state index is 0.493. The van der Waals surface area contributed by atoms with Crippen LogP contribution in [0.3, 0.4) is 0 Å². The molecule has 17 heavy (non-hydrogen) atoms. The van der Waals surface area contributed by atoms with Crippen LogP contribution >= 0.6 is 34.5 Å². The number of halogens is 2. The van der Waals surface area contributed by atoms with Crippen LogP contribution in [0, 0.1) is 5.92 Å². The summed E-state index contributed by atoms with van der Waals surface area (Å²) in [5, 5.41) is 5.10. The van der Waals surface area contributed by atoms with Gasteiger partial charge in [-0.15, -0.1) is 11.6 Å². The van der Waals surface area contributed by atoms with Gasteiger partial charge in [0.05, 0.1) is 0 Å². The second kappa shape index (κ2) is 6.44. The summed E-state index contributed by atoms with van der Waals surface area (Å²) in [4.78, 5) is 0. The van der Waals surface area contributed by atoms with Crippen molar-refractivity contribution in [1.82, 2.24) is 0 Å². The van der Waals surface area contributed by atoms with Crippen molar-refractivity contribution in [3.05, 3.63) is 57.2 Å². The summed E-state index contributed by atoms with van der Waals surface area (Å²) in [5.74, 6) is 1.19. The fraction of sp³-hybridized carbons (Fsp3) is 0.286. The SMILES string of the molecule is ClCC(Cc1ccc(Cl)cc1)Cc1ccsc1. The Morgan fingerprint density at radius 1 is 1.00 bits per heavy atom. The van der Waals surface area contributed by atoms with Crippen LogP contribution in [-0.4, -0.2) is 5.88 Å². The van der Waals surface area contributed by atoms with Crippen LogP contribution in [0.2, 0.25) is 5.02 Å². The van der Waals surface area contributed by atoms with Crippen LogP contribution in [-0.2, 0) is 12.8 Å². The third-order valence-corrected chi connectivity index (χ3v) is 4.18. The maximum atomic E-state index is 6.04. The standard InChI is InChI=1S/C14H14Cl2S/c15-9-13(8-12-5-6-17-10-12)7-11-1-3-14(16)4-2-11/h1-6,10,13H,7-9H2. The monoisotopic (exact) mass is 284 g/mol. The molecule has 0 aliphatic heterocycles. The molecule has 0 bridgehead atoms. The van der Waals surface area contributed by atoms with Crippen LogP contribution in [0.15, 0.2) is 41.1 Å². The van der Waals surface area contributed by atoms with Crippen LogP contribution < -0.4 is 0 Å². The minimum atomic E-state index is 0.493. The van der Waals surface area contributed by atoms with Gasteiger partial charge in [0.15, 0.2) is 0 Å². The molecule has 0 saturated carbocycles. The van der Waals surface area contributed by atoms with Crippen LogP contribution in [0.5, 0.6) is 0 Å². The van der Waals surface area contributed by atoms with Gasteiger partial charge in [-0.1, -0.05) is 23.7 Å². The van der Waals surface area contributed by atoms with Gasteiger partial charge in [0.25, 0.3) is 0 Å². The summed E-state index contributed by atoms with van der Waals surface area (Å²) in [6, 6.07) is 10.2. The molecule has 1 unspecified atom stereocenters. The Labute approximate surface area is 116 Å². The van der Waals surface area contributed by atoms with E-state index in [0.717, 1.165) is 17.9 Å². The topological polar surface area (TPSA) is 0 Å². The molecule has 0 aliphatic rings. The van der Waals surface area contributed by atoms with Gasteiger partial charge in [-0.25, -0.2) is 0 Å². The molecule has 1 heterocycles. The molecule has 0 saturated heterocycles. The highest BCUT2D eigenvalue weighted by atomic mass is 35.5. The van der Waals surface area contributed by atoms with E-state index in [1.165, 1.54) is 11.1 Å². The molecule has 2 rings (SSSR count). The van der Waals surface area contributed by atoms with Gasteiger partial charge in [0.1, 0.15) is 0 Å². The lowest BCUT2D eigenvalue weighted by Gasteiger charge is -2.13. The van der Waals surface area contributed by atoms with Crippen molar-refractivity contribution in [2.24, 2.45) is 5.92 Å². The molecular formula is C14H14Cl2S. The Kier molecular flexibility index (Phi) is 4.90. The second-order valence-corrected chi connectivity index (χ2v) is 5.71. The molecule has 0 aliphatic carbocycles. The molecular weight excluding hydrogens is 271 g/mol. The van der Waals surface area contributed by atoms with Crippen molar-refractivity contribution in [1.29, 1.82) is 0 Å². The van der Waals surface area contributed by atoms with E-state index >= 15 is 0 Å². The molecule has 1 atom stereocenters. The summed E-state index contributed by atoms with van der Waals surface area (Å²) >= 11 is 13.7. The largest absolute Gasteiger partial charge is 0.152 e. The van der Waals surface area contributed by atoms with Crippen molar-refractivity contribution < 1.29 is 0 Å². The summed E-state index contributed by atoms with van der Waals surface area (Å²) in [6.07, 6.45) is 2.06. The Morgan fingerprint density at radius 3 is 2.29 bits per heavy atom. The van der Waals surface area contributed by atoms with Gasteiger partial charge in [-0.05, 0) is 58.8 Å². The molecule has 0 radical (unpaired) electrons. The Bertz CT molecular complexity index is 434. The number of rotatable bonds is 5. The first-order valence-corrected chi connectivity index (χ1v) is 7.45. The molecule has 1 aromatic heterocycles. The third kappa shape index (κ3) is 4.02. The molecule has 1 aromatic carbocycles. The van der Waals surface area contributed by atoms with Gasteiger partial charge in [0, 0.05) is 10.9 Å². The molecule has 90 valence electrons. The zero-order valence-corrected chi connectivity index (χ0v) is 11.7. The second-order valence-electron chi connectivity index (χ2n) is 4.19. The summed E-state index contributed by atoms with van der Waals surface area (Å²) in [5.41, 5.74) is 2.69. The van der Waals surface area contributed by atoms with E-state index in [9.17, 15) is 0 Å². The third-order valence-electron chi connectivity index (χ3n) is 2.76. The van der Waals surface area contributed by atoms with E-state index in [4.69, 9.17) is 23.2 Å². The molecule has 0 N–H and O–H groups in total. The van der Waals surface area contributed by atoms with Gasteiger partial charge in [-0.3, -0.25) is 0 Å². The van der Waals surface area contributed by atoms with Gasteiger partial charge in [-0.2, -0.15) is 11.3 Å².